The Hall–Kier alpha value is -0.700. The van der Waals surface area contributed by atoms with Gasteiger partial charge in [-0.05, 0) is 18.3 Å². The molecular formula is C13H24N2O5S. The maximum atomic E-state index is 12.7. The van der Waals surface area contributed by atoms with Gasteiger partial charge in [-0.25, -0.2) is 0 Å². The summed E-state index contributed by atoms with van der Waals surface area (Å²) in [5.41, 5.74) is 0. The fourth-order valence-electron chi connectivity index (χ4n) is 3.18. The maximum Gasteiger partial charge on any atom is 0.306 e. The smallest absolute Gasteiger partial charge is 0.306 e. The molecule has 8 heteroatoms. The van der Waals surface area contributed by atoms with Crippen molar-refractivity contribution in [3.05, 3.63) is 0 Å². The number of ether oxygens (including phenoxy) is 1. The highest BCUT2D eigenvalue weighted by Crippen LogP contribution is 2.25. The average molecular weight is 320 g/mol. The standard InChI is InChI=1S/C13H24N2O5S/c1-10-5-11(2)8-15(7-10)21(18,19)14-3-4-20-12(9-14)6-13(16)17/h10-12H,3-9H2,1-2H3,(H,16,17). The first-order valence-corrected chi connectivity index (χ1v) is 8.77. The van der Waals surface area contributed by atoms with Crippen LogP contribution >= 0.6 is 0 Å². The molecule has 0 radical (unpaired) electrons. The number of hydrogen-bond donors (Lipinski definition) is 1. The van der Waals surface area contributed by atoms with Gasteiger partial charge in [0.2, 0.25) is 0 Å². The minimum absolute atomic E-state index is 0.119. The summed E-state index contributed by atoms with van der Waals surface area (Å²) in [6.45, 7) is 5.85. The Morgan fingerprint density at radius 2 is 1.81 bits per heavy atom. The van der Waals surface area contributed by atoms with Crippen LogP contribution in [-0.2, 0) is 19.7 Å². The number of piperidine rings is 1. The molecule has 2 saturated heterocycles. The van der Waals surface area contributed by atoms with Crippen molar-refractivity contribution in [2.75, 3.05) is 32.8 Å². The summed E-state index contributed by atoms with van der Waals surface area (Å²) in [7, 11) is -3.53. The normalized spacial score (nSPS) is 33.0. The molecule has 0 bridgehead atoms. The molecule has 2 aliphatic rings. The molecule has 122 valence electrons. The van der Waals surface area contributed by atoms with Gasteiger partial charge in [0.05, 0.1) is 19.1 Å². The molecule has 3 unspecified atom stereocenters. The zero-order valence-electron chi connectivity index (χ0n) is 12.6. The molecule has 0 aliphatic carbocycles. The van der Waals surface area contributed by atoms with Crippen LogP contribution in [0.5, 0.6) is 0 Å². The minimum Gasteiger partial charge on any atom is -0.481 e. The lowest BCUT2D eigenvalue weighted by atomic mass is 9.94. The van der Waals surface area contributed by atoms with Gasteiger partial charge in [-0.1, -0.05) is 13.8 Å². The molecule has 7 nitrogen and oxygen atoms in total. The van der Waals surface area contributed by atoms with Gasteiger partial charge in [-0.15, -0.1) is 0 Å². The van der Waals surface area contributed by atoms with Crippen LogP contribution in [0.15, 0.2) is 0 Å². The number of carboxylic acid groups (broad SMARTS) is 1. The van der Waals surface area contributed by atoms with Crippen LogP contribution in [0.2, 0.25) is 0 Å². The van der Waals surface area contributed by atoms with E-state index < -0.39 is 22.3 Å². The van der Waals surface area contributed by atoms with Crippen molar-refractivity contribution < 1.29 is 23.1 Å². The zero-order chi connectivity index (χ0) is 15.6. The number of carbonyl (C=O) groups is 1. The summed E-state index contributed by atoms with van der Waals surface area (Å²) in [6.07, 6.45) is 0.306. The monoisotopic (exact) mass is 320 g/mol. The van der Waals surface area contributed by atoms with Crippen molar-refractivity contribution in [1.29, 1.82) is 0 Å². The van der Waals surface area contributed by atoms with Crippen LogP contribution in [0.4, 0.5) is 0 Å². The summed E-state index contributed by atoms with van der Waals surface area (Å²) in [5.74, 6) is -0.279. The van der Waals surface area contributed by atoms with E-state index in [0.717, 1.165) is 6.42 Å². The van der Waals surface area contributed by atoms with Crippen molar-refractivity contribution in [2.45, 2.75) is 32.8 Å². The number of nitrogens with zero attached hydrogens (tertiary/aromatic N) is 2. The quantitative estimate of drug-likeness (QED) is 0.809. The molecule has 2 aliphatic heterocycles. The summed E-state index contributed by atoms with van der Waals surface area (Å²) >= 11 is 0. The molecular weight excluding hydrogens is 296 g/mol. The lowest BCUT2D eigenvalue weighted by Gasteiger charge is -2.39. The predicted octanol–water partition coefficient (Wildman–Crippen LogP) is 0.385. The van der Waals surface area contributed by atoms with E-state index in [1.165, 1.54) is 8.61 Å². The summed E-state index contributed by atoms with van der Waals surface area (Å²) in [5, 5.41) is 8.81. The van der Waals surface area contributed by atoms with Gasteiger partial charge < -0.3 is 9.84 Å². The lowest BCUT2D eigenvalue weighted by Crippen LogP contribution is -2.54. The molecule has 0 aromatic rings. The molecule has 3 atom stereocenters. The van der Waals surface area contributed by atoms with Crippen molar-refractivity contribution in [2.24, 2.45) is 11.8 Å². The van der Waals surface area contributed by atoms with Crippen molar-refractivity contribution in [1.82, 2.24) is 8.61 Å². The Balaban J connectivity index is 2.06. The highest BCUT2D eigenvalue weighted by atomic mass is 32.2. The first kappa shape index (κ1) is 16.7. The Bertz CT molecular complexity index is 471. The van der Waals surface area contributed by atoms with Crippen LogP contribution in [0, 0.1) is 11.8 Å². The zero-order valence-corrected chi connectivity index (χ0v) is 13.4. The molecule has 0 aromatic heterocycles. The third-order valence-electron chi connectivity index (χ3n) is 3.99. The van der Waals surface area contributed by atoms with Crippen molar-refractivity contribution in [3.63, 3.8) is 0 Å². The van der Waals surface area contributed by atoms with Gasteiger partial charge in [0.15, 0.2) is 0 Å². The van der Waals surface area contributed by atoms with Gasteiger partial charge in [0.25, 0.3) is 10.2 Å². The topological polar surface area (TPSA) is 87.2 Å². The van der Waals surface area contributed by atoms with Crippen molar-refractivity contribution >= 4 is 16.2 Å². The van der Waals surface area contributed by atoms with E-state index in [-0.39, 0.29) is 26.1 Å². The van der Waals surface area contributed by atoms with Gasteiger partial charge in [-0.2, -0.15) is 17.0 Å². The van der Waals surface area contributed by atoms with E-state index >= 15 is 0 Å². The Morgan fingerprint density at radius 3 is 2.38 bits per heavy atom. The molecule has 0 aromatic carbocycles. The SMILES string of the molecule is CC1CC(C)CN(S(=O)(=O)N2CCOC(CC(=O)O)C2)C1. The van der Waals surface area contributed by atoms with Crippen LogP contribution in [0.3, 0.4) is 0 Å². The molecule has 2 fully saturated rings. The molecule has 0 spiro atoms. The number of morpholine rings is 1. The molecule has 0 amide bonds. The first-order valence-electron chi connectivity index (χ1n) is 7.37. The molecule has 2 heterocycles. The molecule has 2 rings (SSSR count). The van der Waals surface area contributed by atoms with Gasteiger partial charge in [-0.3, -0.25) is 4.79 Å². The number of rotatable bonds is 4. The second kappa shape index (κ2) is 6.60. The summed E-state index contributed by atoms with van der Waals surface area (Å²) in [6, 6.07) is 0. The predicted molar refractivity (Wildman–Crippen MR) is 77.0 cm³/mol. The minimum atomic E-state index is -3.53. The fraction of sp³-hybridized carbons (Fsp3) is 0.923. The molecule has 0 saturated carbocycles. The third-order valence-corrected chi connectivity index (χ3v) is 5.93. The van der Waals surface area contributed by atoms with E-state index in [0.29, 0.717) is 24.9 Å². The fourth-order valence-corrected chi connectivity index (χ4v) is 5.05. The second-order valence-corrected chi connectivity index (χ2v) is 8.15. The second-order valence-electron chi connectivity index (χ2n) is 6.22. The van der Waals surface area contributed by atoms with E-state index in [9.17, 15) is 13.2 Å². The number of hydrogen-bond acceptors (Lipinski definition) is 4. The first-order chi connectivity index (χ1) is 9.79. The summed E-state index contributed by atoms with van der Waals surface area (Å²) < 4.78 is 33.7. The molecule has 21 heavy (non-hydrogen) atoms. The maximum absolute atomic E-state index is 12.7. The van der Waals surface area contributed by atoms with Crippen LogP contribution in [0.25, 0.3) is 0 Å². The van der Waals surface area contributed by atoms with Gasteiger partial charge in [0, 0.05) is 26.2 Å². The van der Waals surface area contributed by atoms with Crippen LogP contribution in [-0.4, -0.2) is 67.0 Å². The highest BCUT2D eigenvalue weighted by molar-refractivity contribution is 7.86. The Kier molecular flexibility index (Phi) is 5.24. The van der Waals surface area contributed by atoms with Gasteiger partial charge >= 0.3 is 5.97 Å². The van der Waals surface area contributed by atoms with E-state index in [4.69, 9.17) is 9.84 Å². The highest BCUT2D eigenvalue weighted by Gasteiger charge is 2.37. The van der Waals surface area contributed by atoms with Gasteiger partial charge in [0.1, 0.15) is 0 Å². The average Bonchev–Trinajstić information content (AvgIpc) is 2.37. The third kappa shape index (κ3) is 4.15. The Labute approximate surface area is 126 Å². The number of carboxylic acids is 1. The van der Waals surface area contributed by atoms with E-state index in [2.05, 4.69) is 13.8 Å². The van der Waals surface area contributed by atoms with Crippen molar-refractivity contribution in [3.8, 4) is 0 Å². The van der Waals surface area contributed by atoms with E-state index in [1.807, 2.05) is 0 Å². The van der Waals surface area contributed by atoms with E-state index in [1.54, 1.807) is 0 Å². The van der Waals surface area contributed by atoms with Crippen LogP contribution < -0.4 is 0 Å². The largest absolute Gasteiger partial charge is 0.481 e. The molecule has 1 N–H and O–H groups in total. The number of aliphatic carboxylic acids is 1. The Morgan fingerprint density at radius 1 is 1.19 bits per heavy atom. The van der Waals surface area contributed by atoms with Crippen LogP contribution in [0.1, 0.15) is 26.7 Å². The summed E-state index contributed by atoms with van der Waals surface area (Å²) in [4.78, 5) is 10.8. The lowest BCUT2D eigenvalue weighted by molar-refractivity contribution is -0.141.